The number of hydrogen-bond acceptors (Lipinski definition) is 5. The Bertz CT molecular complexity index is 1640. The molecule has 5 heterocycles. The summed E-state index contributed by atoms with van der Waals surface area (Å²) < 4.78 is 1.58. The lowest BCUT2D eigenvalue weighted by molar-refractivity contribution is -0.111. The zero-order valence-corrected chi connectivity index (χ0v) is 19.7. The van der Waals surface area contributed by atoms with E-state index in [0.29, 0.717) is 17.9 Å². The number of anilines is 1. The first-order valence-corrected chi connectivity index (χ1v) is 11.1. The van der Waals surface area contributed by atoms with E-state index in [1.54, 1.807) is 36.3 Å². The van der Waals surface area contributed by atoms with Crippen LogP contribution in [0.3, 0.4) is 0 Å². The summed E-state index contributed by atoms with van der Waals surface area (Å²) in [4.78, 5) is 41.8. The molecule has 9 nitrogen and oxygen atoms in total. The number of rotatable bonds is 6. The van der Waals surface area contributed by atoms with Crippen LogP contribution in [0.1, 0.15) is 0 Å². The molecule has 5 rings (SSSR count). The Morgan fingerprint density at radius 1 is 1.11 bits per heavy atom. The van der Waals surface area contributed by atoms with Crippen molar-refractivity contribution in [1.29, 1.82) is 0 Å². The van der Waals surface area contributed by atoms with Crippen LogP contribution in [-0.2, 0) is 11.8 Å². The summed E-state index contributed by atoms with van der Waals surface area (Å²) in [7, 11) is 5.62. The lowest BCUT2D eigenvalue weighted by atomic mass is 10.0. The number of nitrogens with zero attached hydrogens (tertiary/aromatic N) is 4. The summed E-state index contributed by atoms with van der Waals surface area (Å²) >= 11 is 0. The molecule has 0 unspecified atom stereocenters. The molecule has 0 aliphatic rings. The number of carbonyl (C=O) groups excluding carboxylic acids is 1. The molecule has 9 heteroatoms. The number of amides is 1. The molecule has 0 atom stereocenters. The monoisotopic (exact) mass is 467 g/mol. The van der Waals surface area contributed by atoms with Crippen LogP contribution in [0.25, 0.3) is 44.2 Å². The van der Waals surface area contributed by atoms with E-state index >= 15 is 0 Å². The van der Waals surface area contributed by atoms with Gasteiger partial charge in [-0.3, -0.25) is 9.59 Å². The summed E-state index contributed by atoms with van der Waals surface area (Å²) in [6, 6.07) is 7.66. The summed E-state index contributed by atoms with van der Waals surface area (Å²) in [5.74, 6) is 0.228. The Hall–Kier alpha value is -4.50. The van der Waals surface area contributed by atoms with Gasteiger partial charge in [-0.25, -0.2) is 9.97 Å². The normalized spacial score (nSPS) is 11.8. The minimum absolute atomic E-state index is 0.0738. The van der Waals surface area contributed by atoms with Crippen molar-refractivity contribution in [2.45, 2.75) is 0 Å². The van der Waals surface area contributed by atoms with Gasteiger partial charge in [0.1, 0.15) is 17.0 Å². The Morgan fingerprint density at radius 2 is 1.97 bits per heavy atom. The Labute approximate surface area is 201 Å². The van der Waals surface area contributed by atoms with Gasteiger partial charge >= 0.3 is 0 Å². The number of likely N-dealkylation sites (N-methyl/N-ethyl adjacent to an activating group) is 1. The van der Waals surface area contributed by atoms with Crippen molar-refractivity contribution < 1.29 is 4.79 Å². The molecule has 3 N–H and O–H groups in total. The third-order valence-corrected chi connectivity index (χ3v) is 5.80. The van der Waals surface area contributed by atoms with Gasteiger partial charge in [-0.1, -0.05) is 6.08 Å². The quantitative estimate of drug-likeness (QED) is 0.331. The third-order valence-electron chi connectivity index (χ3n) is 5.80. The Balaban J connectivity index is 1.51. The molecular weight excluding hydrogens is 442 g/mol. The summed E-state index contributed by atoms with van der Waals surface area (Å²) in [5.41, 5.74) is 4.88. The SMILES string of the molecule is CN(C)CC=CC(=O)Nc1cc(-c2cnc3[nH]cc(-c4cn(C)c(=O)c5[nH]ccc45)c3c2)ccn1. The molecule has 35 heavy (non-hydrogen) atoms. The van der Waals surface area contributed by atoms with E-state index in [1.807, 2.05) is 49.6 Å². The van der Waals surface area contributed by atoms with Gasteiger partial charge in [0.25, 0.3) is 5.56 Å². The highest BCUT2D eigenvalue weighted by Crippen LogP contribution is 2.34. The first-order valence-electron chi connectivity index (χ1n) is 11.1. The van der Waals surface area contributed by atoms with E-state index in [9.17, 15) is 9.59 Å². The zero-order valence-electron chi connectivity index (χ0n) is 19.7. The standard InChI is InChI=1S/C26H25N7O2/c1-32(2)10-4-5-23(34)31-22-12-16(6-8-27-22)17-11-19-20(14-30-25(19)29-13-17)21-15-33(3)26(35)24-18(21)7-9-28-24/h4-9,11-15,28H,10H2,1-3H3,(H,29,30)(H,27,31,34). The van der Waals surface area contributed by atoms with E-state index in [1.165, 1.54) is 6.08 Å². The molecule has 5 aromatic rings. The number of nitrogens with one attached hydrogen (secondary N) is 3. The third kappa shape index (κ3) is 4.36. The van der Waals surface area contributed by atoms with Crippen LogP contribution in [0.2, 0.25) is 0 Å². The zero-order chi connectivity index (χ0) is 24.5. The molecule has 0 aromatic carbocycles. The lowest BCUT2D eigenvalue weighted by Crippen LogP contribution is -2.16. The van der Waals surface area contributed by atoms with Crippen LogP contribution in [0.15, 0.2) is 72.2 Å². The molecule has 176 valence electrons. The maximum absolute atomic E-state index is 12.5. The molecule has 0 radical (unpaired) electrons. The topological polar surface area (TPSA) is 112 Å². The van der Waals surface area contributed by atoms with Crippen molar-refractivity contribution in [3.05, 3.63) is 77.8 Å². The van der Waals surface area contributed by atoms with Crippen LogP contribution in [-0.4, -0.2) is 56.0 Å². The van der Waals surface area contributed by atoms with E-state index in [2.05, 4.69) is 31.3 Å². The highest BCUT2D eigenvalue weighted by atomic mass is 16.1. The molecule has 0 saturated heterocycles. The first kappa shape index (κ1) is 22.3. The molecule has 0 saturated carbocycles. The molecule has 0 fully saturated rings. The molecule has 5 aromatic heterocycles. The van der Waals surface area contributed by atoms with Gasteiger partial charge in [-0.15, -0.1) is 0 Å². The van der Waals surface area contributed by atoms with Gasteiger partial charge in [-0.2, -0.15) is 0 Å². The van der Waals surface area contributed by atoms with Crippen LogP contribution in [0.5, 0.6) is 0 Å². The predicted octanol–water partition coefficient (Wildman–Crippen LogP) is 3.53. The van der Waals surface area contributed by atoms with Crippen molar-refractivity contribution in [2.75, 3.05) is 26.0 Å². The Morgan fingerprint density at radius 3 is 2.80 bits per heavy atom. The predicted molar refractivity (Wildman–Crippen MR) is 138 cm³/mol. The smallest absolute Gasteiger partial charge is 0.274 e. The van der Waals surface area contributed by atoms with E-state index in [-0.39, 0.29) is 11.5 Å². The number of H-pyrrole nitrogens is 2. The number of pyridine rings is 3. The van der Waals surface area contributed by atoms with Crippen molar-refractivity contribution in [2.24, 2.45) is 7.05 Å². The number of fused-ring (bicyclic) bond motifs is 2. The minimum atomic E-state index is -0.233. The van der Waals surface area contributed by atoms with E-state index in [0.717, 1.165) is 38.7 Å². The number of aryl methyl sites for hydroxylation is 1. The highest BCUT2D eigenvalue weighted by molar-refractivity contribution is 6.04. The first-order chi connectivity index (χ1) is 16.9. The fraction of sp³-hybridized carbons (Fsp3) is 0.154. The van der Waals surface area contributed by atoms with Crippen molar-refractivity contribution in [3.63, 3.8) is 0 Å². The average molecular weight is 468 g/mol. The highest BCUT2D eigenvalue weighted by Gasteiger charge is 2.15. The molecule has 0 spiro atoms. The number of carbonyl (C=O) groups is 1. The van der Waals surface area contributed by atoms with Crippen molar-refractivity contribution in [1.82, 2.24) is 29.4 Å². The fourth-order valence-corrected chi connectivity index (χ4v) is 4.08. The van der Waals surface area contributed by atoms with Crippen LogP contribution >= 0.6 is 0 Å². The van der Waals surface area contributed by atoms with Crippen molar-refractivity contribution in [3.8, 4) is 22.3 Å². The molecule has 1 amide bonds. The fourth-order valence-electron chi connectivity index (χ4n) is 4.08. The van der Waals surface area contributed by atoms with Gasteiger partial charge < -0.3 is 24.8 Å². The van der Waals surface area contributed by atoms with E-state index < -0.39 is 0 Å². The van der Waals surface area contributed by atoms with Crippen LogP contribution < -0.4 is 10.9 Å². The second-order valence-corrected chi connectivity index (χ2v) is 8.63. The van der Waals surface area contributed by atoms with Gasteiger partial charge in [0.15, 0.2) is 0 Å². The summed E-state index contributed by atoms with van der Waals surface area (Å²) in [6.07, 6.45) is 12.3. The van der Waals surface area contributed by atoms with Gasteiger partial charge in [-0.05, 0) is 43.9 Å². The van der Waals surface area contributed by atoms with Crippen LogP contribution in [0.4, 0.5) is 5.82 Å². The lowest BCUT2D eigenvalue weighted by Gasteiger charge is -2.08. The average Bonchev–Trinajstić information content (AvgIpc) is 3.49. The molecule has 0 aliphatic carbocycles. The second-order valence-electron chi connectivity index (χ2n) is 8.63. The van der Waals surface area contributed by atoms with E-state index in [4.69, 9.17) is 0 Å². The maximum Gasteiger partial charge on any atom is 0.274 e. The summed E-state index contributed by atoms with van der Waals surface area (Å²) in [5, 5.41) is 4.59. The largest absolute Gasteiger partial charge is 0.357 e. The number of aromatic amines is 2. The minimum Gasteiger partial charge on any atom is -0.357 e. The molecule has 0 aliphatic heterocycles. The number of hydrogen-bond donors (Lipinski definition) is 3. The number of aromatic nitrogens is 5. The second kappa shape index (κ2) is 9.03. The molecule has 0 bridgehead atoms. The van der Waals surface area contributed by atoms with Gasteiger partial charge in [0.2, 0.25) is 5.91 Å². The van der Waals surface area contributed by atoms with Crippen molar-refractivity contribution >= 4 is 33.7 Å². The summed E-state index contributed by atoms with van der Waals surface area (Å²) in [6.45, 7) is 0.677. The maximum atomic E-state index is 12.5. The van der Waals surface area contributed by atoms with Gasteiger partial charge in [0.05, 0.1) is 0 Å². The molecular formula is C26H25N7O2. The van der Waals surface area contributed by atoms with Gasteiger partial charge in [0, 0.05) is 78.1 Å². The Kier molecular flexibility index (Phi) is 5.76. The van der Waals surface area contributed by atoms with Crippen LogP contribution in [0, 0.1) is 0 Å².